The second-order valence-electron chi connectivity index (χ2n) is 4.26. The molecular formula is C12H19ClN2S. The van der Waals surface area contributed by atoms with Crippen LogP contribution >= 0.6 is 22.9 Å². The number of halogens is 1. The Hall–Kier alpha value is -0.0900. The first-order valence-corrected chi connectivity index (χ1v) is 7.18. The van der Waals surface area contributed by atoms with Gasteiger partial charge in [-0.3, -0.25) is 4.90 Å². The molecule has 1 unspecified atom stereocenters. The number of likely N-dealkylation sites (tertiary alicyclic amines) is 1. The molecule has 0 radical (unpaired) electrons. The summed E-state index contributed by atoms with van der Waals surface area (Å²) in [7, 11) is 0. The van der Waals surface area contributed by atoms with E-state index in [1.807, 2.05) is 6.07 Å². The minimum Gasteiger partial charge on any atom is -0.310 e. The predicted octanol–water partition coefficient (Wildman–Crippen LogP) is 2.98. The Bertz CT molecular complexity index is 327. The van der Waals surface area contributed by atoms with E-state index in [4.69, 9.17) is 11.6 Å². The maximum Gasteiger partial charge on any atom is 0.0931 e. The van der Waals surface area contributed by atoms with Crippen molar-refractivity contribution in [3.8, 4) is 0 Å². The van der Waals surface area contributed by atoms with Crippen molar-refractivity contribution in [2.24, 2.45) is 0 Å². The van der Waals surface area contributed by atoms with Crippen LogP contribution in [-0.2, 0) is 6.54 Å². The fraction of sp³-hybridized carbons (Fsp3) is 0.667. The summed E-state index contributed by atoms with van der Waals surface area (Å²) < 4.78 is 0.882. The standard InChI is InChI=1S/C12H19ClN2S/c1-2-15-7-3-4-10(15)8-14-9-11-5-6-12(13)16-11/h5-6,10,14H,2-4,7-9H2,1H3. The number of hydrogen-bond donors (Lipinski definition) is 1. The summed E-state index contributed by atoms with van der Waals surface area (Å²) in [6.45, 7) is 6.75. The van der Waals surface area contributed by atoms with E-state index in [1.54, 1.807) is 11.3 Å². The Morgan fingerprint density at radius 2 is 2.44 bits per heavy atom. The van der Waals surface area contributed by atoms with Crippen molar-refractivity contribution in [2.45, 2.75) is 32.4 Å². The summed E-state index contributed by atoms with van der Waals surface area (Å²) in [6.07, 6.45) is 2.69. The molecule has 2 rings (SSSR count). The number of likely N-dealkylation sites (N-methyl/N-ethyl adjacent to an activating group) is 1. The van der Waals surface area contributed by atoms with Crippen molar-refractivity contribution >= 4 is 22.9 Å². The molecule has 1 atom stereocenters. The van der Waals surface area contributed by atoms with Crippen LogP contribution in [0.5, 0.6) is 0 Å². The van der Waals surface area contributed by atoms with Crippen molar-refractivity contribution in [3.05, 3.63) is 21.3 Å². The highest BCUT2D eigenvalue weighted by Crippen LogP contribution is 2.21. The van der Waals surface area contributed by atoms with Crippen molar-refractivity contribution in [3.63, 3.8) is 0 Å². The van der Waals surface area contributed by atoms with Crippen LogP contribution in [0.1, 0.15) is 24.6 Å². The summed E-state index contributed by atoms with van der Waals surface area (Å²) in [5, 5.41) is 3.53. The lowest BCUT2D eigenvalue weighted by atomic mass is 10.2. The fourth-order valence-electron chi connectivity index (χ4n) is 2.35. The molecule has 90 valence electrons. The quantitative estimate of drug-likeness (QED) is 0.874. The molecule has 0 aromatic carbocycles. The lowest BCUT2D eigenvalue weighted by Crippen LogP contribution is -2.37. The van der Waals surface area contributed by atoms with E-state index in [0.717, 1.165) is 23.5 Å². The Morgan fingerprint density at radius 3 is 3.12 bits per heavy atom. The molecule has 1 aromatic rings. The molecule has 0 bridgehead atoms. The monoisotopic (exact) mass is 258 g/mol. The Kier molecular flexibility index (Phi) is 4.65. The molecule has 1 aliphatic rings. The molecule has 1 fully saturated rings. The van der Waals surface area contributed by atoms with Crippen LogP contribution < -0.4 is 5.32 Å². The number of thiophene rings is 1. The lowest BCUT2D eigenvalue weighted by molar-refractivity contribution is 0.260. The molecular weight excluding hydrogens is 240 g/mol. The highest BCUT2D eigenvalue weighted by atomic mass is 35.5. The third-order valence-electron chi connectivity index (χ3n) is 3.21. The minimum atomic E-state index is 0.737. The fourth-order valence-corrected chi connectivity index (χ4v) is 3.41. The minimum absolute atomic E-state index is 0.737. The van der Waals surface area contributed by atoms with Crippen molar-refractivity contribution in [1.82, 2.24) is 10.2 Å². The van der Waals surface area contributed by atoms with Crippen LogP contribution in [0.2, 0.25) is 4.34 Å². The molecule has 0 aliphatic carbocycles. The first-order valence-electron chi connectivity index (χ1n) is 5.98. The van der Waals surface area contributed by atoms with Crippen LogP contribution in [0, 0.1) is 0 Å². The second kappa shape index (κ2) is 6.01. The van der Waals surface area contributed by atoms with Crippen LogP contribution in [-0.4, -0.2) is 30.6 Å². The topological polar surface area (TPSA) is 15.3 Å². The van der Waals surface area contributed by atoms with Crippen LogP contribution in [0.4, 0.5) is 0 Å². The van der Waals surface area contributed by atoms with Gasteiger partial charge in [-0.15, -0.1) is 11.3 Å². The van der Waals surface area contributed by atoms with Gasteiger partial charge in [0.25, 0.3) is 0 Å². The first kappa shape index (κ1) is 12.4. The van der Waals surface area contributed by atoms with E-state index in [-0.39, 0.29) is 0 Å². The van der Waals surface area contributed by atoms with Gasteiger partial charge < -0.3 is 5.32 Å². The summed E-state index contributed by atoms with van der Waals surface area (Å²) in [5.74, 6) is 0. The van der Waals surface area contributed by atoms with Gasteiger partial charge in [0.1, 0.15) is 0 Å². The van der Waals surface area contributed by atoms with Crippen molar-refractivity contribution in [2.75, 3.05) is 19.6 Å². The molecule has 16 heavy (non-hydrogen) atoms. The van der Waals surface area contributed by atoms with Gasteiger partial charge in [0.2, 0.25) is 0 Å². The molecule has 0 spiro atoms. The van der Waals surface area contributed by atoms with Crippen molar-refractivity contribution in [1.29, 1.82) is 0 Å². The van der Waals surface area contributed by atoms with Gasteiger partial charge in [0, 0.05) is 24.0 Å². The van der Waals surface area contributed by atoms with Gasteiger partial charge in [0.15, 0.2) is 0 Å². The number of nitrogens with one attached hydrogen (secondary N) is 1. The highest BCUT2D eigenvalue weighted by Gasteiger charge is 2.21. The summed E-state index contributed by atoms with van der Waals surface area (Å²) in [5.41, 5.74) is 0. The molecule has 1 saturated heterocycles. The zero-order valence-corrected chi connectivity index (χ0v) is 11.3. The zero-order chi connectivity index (χ0) is 11.4. The smallest absolute Gasteiger partial charge is 0.0931 e. The predicted molar refractivity (Wildman–Crippen MR) is 71.3 cm³/mol. The summed E-state index contributed by atoms with van der Waals surface area (Å²) in [4.78, 5) is 3.89. The normalized spacial score (nSPS) is 21.8. The number of nitrogens with zero attached hydrogens (tertiary/aromatic N) is 1. The van der Waals surface area contributed by atoms with Crippen LogP contribution in [0.15, 0.2) is 12.1 Å². The molecule has 4 heteroatoms. The summed E-state index contributed by atoms with van der Waals surface area (Å²) >= 11 is 7.56. The average molecular weight is 259 g/mol. The SMILES string of the molecule is CCN1CCCC1CNCc1ccc(Cl)s1. The van der Waals surface area contributed by atoms with Gasteiger partial charge in [-0.2, -0.15) is 0 Å². The van der Waals surface area contributed by atoms with Gasteiger partial charge in [0.05, 0.1) is 4.34 Å². The maximum absolute atomic E-state index is 5.89. The third-order valence-corrected chi connectivity index (χ3v) is 4.44. The maximum atomic E-state index is 5.89. The van der Waals surface area contributed by atoms with E-state index in [9.17, 15) is 0 Å². The molecule has 2 nitrogen and oxygen atoms in total. The second-order valence-corrected chi connectivity index (χ2v) is 6.06. The molecule has 1 aliphatic heterocycles. The van der Waals surface area contributed by atoms with Gasteiger partial charge in [-0.05, 0) is 38.1 Å². The zero-order valence-electron chi connectivity index (χ0n) is 9.71. The Morgan fingerprint density at radius 1 is 1.56 bits per heavy atom. The average Bonchev–Trinajstić information content (AvgIpc) is 2.87. The van der Waals surface area contributed by atoms with E-state index < -0.39 is 0 Å². The van der Waals surface area contributed by atoms with Crippen molar-refractivity contribution < 1.29 is 0 Å². The molecule has 1 N–H and O–H groups in total. The third kappa shape index (κ3) is 3.20. The molecule has 0 amide bonds. The summed E-state index contributed by atoms with van der Waals surface area (Å²) in [6, 6.07) is 4.81. The van der Waals surface area contributed by atoms with Crippen LogP contribution in [0.25, 0.3) is 0 Å². The van der Waals surface area contributed by atoms with Gasteiger partial charge in [-0.25, -0.2) is 0 Å². The molecule has 0 saturated carbocycles. The van der Waals surface area contributed by atoms with E-state index in [2.05, 4.69) is 23.2 Å². The van der Waals surface area contributed by atoms with E-state index in [1.165, 1.54) is 30.8 Å². The van der Waals surface area contributed by atoms with E-state index in [0.29, 0.717) is 0 Å². The first-order chi connectivity index (χ1) is 7.79. The Balaban J connectivity index is 1.71. The van der Waals surface area contributed by atoms with E-state index >= 15 is 0 Å². The molecule has 2 heterocycles. The van der Waals surface area contributed by atoms with Gasteiger partial charge >= 0.3 is 0 Å². The number of rotatable bonds is 5. The molecule has 1 aromatic heterocycles. The van der Waals surface area contributed by atoms with Crippen LogP contribution in [0.3, 0.4) is 0 Å². The largest absolute Gasteiger partial charge is 0.310 e. The highest BCUT2D eigenvalue weighted by molar-refractivity contribution is 7.16. The Labute approximate surface area is 107 Å². The van der Waals surface area contributed by atoms with Gasteiger partial charge in [-0.1, -0.05) is 18.5 Å². The lowest BCUT2D eigenvalue weighted by Gasteiger charge is -2.22. The number of hydrogen-bond acceptors (Lipinski definition) is 3.